The van der Waals surface area contributed by atoms with Gasteiger partial charge in [0.25, 0.3) is 0 Å². The maximum Gasteiger partial charge on any atom is 0.345 e. The number of nitrogens with zero attached hydrogens (tertiary/aromatic N) is 1. The predicted molar refractivity (Wildman–Crippen MR) is 66.4 cm³/mol. The summed E-state index contributed by atoms with van der Waals surface area (Å²) in [6.07, 6.45) is 0. The molecule has 0 aliphatic carbocycles. The van der Waals surface area contributed by atoms with Crippen LogP contribution in [0.5, 0.6) is 5.75 Å². The van der Waals surface area contributed by atoms with Gasteiger partial charge in [-0.3, -0.25) is 10.1 Å². The lowest BCUT2D eigenvalue weighted by Gasteiger charge is -2.08. The van der Waals surface area contributed by atoms with Crippen molar-refractivity contribution in [3.05, 3.63) is 33.9 Å². The Kier molecular flexibility index (Phi) is 5.74. The van der Waals surface area contributed by atoms with E-state index in [1.165, 1.54) is 25.3 Å². The van der Waals surface area contributed by atoms with Crippen LogP contribution in [0.15, 0.2) is 18.2 Å². The van der Waals surface area contributed by atoms with Gasteiger partial charge in [0.15, 0.2) is 5.75 Å². The van der Waals surface area contributed by atoms with Crippen LogP contribution in [0.1, 0.15) is 17.3 Å². The Morgan fingerprint density at radius 2 is 2.11 bits per heavy atom. The summed E-state index contributed by atoms with van der Waals surface area (Å²) in [6, 6.07) is 4.26. The van der Waals surface area contributed by atoms with Crippen LogP contribution in [0.3, 0.4) is 0 Å². The number of nitro groups is 1. The lowest BCUT2D eigenvalue weighted by atomic mass is 10.1. The summed E-state index contributed by atoms with van der Waals surface area (Å²) < 4.78 is 14.8. The van der Waals surface area contributed by atoms with Gasteiger partial charge >= 0.3 is 11.7 Å². The minimum Gasteiger partial charge on any atom is -0.484 e. The molecule has 0 N–H and O–H groups in total. The van der Waals surface area contributed by atoms with Gasteiger partial charge in [0, 0.05) is 7.11 Å². The first-order valence-corrected chi connectivity index (χ1v) is 5.68. The molecule has 0 aliphatic heterocycles. The Morgan fingerprint density at radius 1 is 1.37 bits per heavy atom. The average molecular weight is 269 g/mol. The lowest BCUT2D eigenvalue weighted by molar-refractivity contribution is -0.386. The topological polar surface area (TPSA) is 87.9 Å². The molecule has 0 amide bonds. The van der Waals surface area contributed by atoms with Crippen LogP contribution in [0.2, 0.25) is 0 Å². The van der Waals surface area contributed by atoms with E-state index in [1.807, 2.05) is 0 Å². The quantitative estimate of drug-likeness (QED) is 0.324. The molecular formula is C12H15NO6. The first-order valence-electron chi connectivity index (χ1n) is 5.68. The SMILES string of the molecule is CCOC(=O)c1cccc(OCCOC)c1[N+](=O)[O-]. The molecule has 0 spiro atoms. The van der Waals surface area contributed by atoms with Crippen LogP contribution in [-0.2, 0) is 9.47 Å². The number of methoxy groups -OCH3 is 1. The molecule has 1 aromatic carbocycles. The Bertz CT molecular complexity index is 460. The molecule has 0 aliphatic rings. The fraction of sp³-hybridized carbons (Fsp3) is 0.417. The summed E-state index contributed by atoms with van der Waals surface area (Å²) in [5.41, 5.74) is -0.515. The number of esters is 1. The van der Waals surface area contributed by atoms with Gasteiger partial charge in [0.2, 0.25) is 0 Å². The molecule has 0 radical (unpaired) electrons. The zero-order valence-electron chi connectivity index (χ0n) is 10.8. The molecule has 7 nitrogen and oxygen atoms in total. The van der Waals surface area contributed by atoms with Crippen molar-refractivity contribution in [3.63, 3.8) is 0 Å². The fourth-order valence-electron chi connectivity index (χ4n) is 1.44. The van der Waals surface area contributed by atoms with Crippen molar-refractivity contribution in [2.45, 2.75) is 6.92 Å². The minimum absolute atomic E-state index is 0.0209. The van der Waals surface area contributed by atoms with E-state index in [9.17, 15) is 14.9 Å². The molecular weight excluding hydrogens is 254 g/mol. The molecule has 104 valence electrons. The van der Waals surface area contributed by atoms with Crippen molar-refractivity contribution in [2.24, 2.45) is 0 Å². The number of benzene rings is 1. The number of carbonyl (C=O) groups excluding carboxylic acids is 1. The molecule has 0 aromatic heterocycles. The van der Waals surface area contributed by atoms with Crippen molar-refractivity contribution in [2.75, 3.05) is 26.9 Å². The van der Waals surface area contributed by atoms with E-state index in [0.29, 0.717) is 6.61 Å². The number of carbonyl (C=O) groups is 1. The van der Waals surface area contributed by atoms with Crippen LogP contribution in [-0.4, -0.2) is 37.8 Å². The molecule has 7 heteroatoms. The zero-order valence-corrected chi connectivity index (χ0v) is 10.8. The van der Waals surface area contributed by atoms with Gasteiger partial charge in [-0.15, -0.1) is 0 Å². The Morgan fingerprint density at radius 3 is 2.68 bits per heavy atom. The van der Waals surface area contributed by atoms with E-state index in [4.69, 9.17) is 14.2 Å². The highest BCUT2D eigenvalue weighted by Gasteiger charge is 2.26. The van der Waals surface area contributed by atoms with Gasteiger partial charge in [-0.2, -0.15) is 0 Å². The van der Waals surface area contributed by atoms with E-state index < -0.39 is 16.6 Å². The van der Waals surface area contributed by atoms with Crippen LogP contribution in [0.25, 0.3) is 0 Å². The van der Waals surface area contributed by atoms with E-state index >= 15 is 0 Å². The maximum atomic E-state index is 11.6. The molecule has 0 saturated carbocycles. The van der Waals surface area contributed by atoms with Crippen molar-refractivity contribution in [1.29, 1.82) is 0 Å². The highest BCUT2D eigenvalue weighted by molar-refractivity contribution is 5.95. The molecule has 0 unspecified atom stereocenters. The third kappa shape index (κ3) is 3.92. The van der Waals surface area contributed by atoms with Gasteiger partial charge in [-0.25, -0.2) is 4.79 Å². The van der Waals surface area contributed by atoms with Crippen molar-refractivity contribution >= 4 is 11.7 Å². The van der Waals surface area contributed by atoms with Gasteiger partial charge in [-0.1, -0.05) is 6.07 Å². The van der Waals surface area contributed by atoms with Crippen LogP contribution >= 0.6 is 0 Å². The molecule has 0 bridgehead atoms. The molecule has 0 fully saturated rings. The second-order valence-corrected chi connectivity index (χ2v) is 3.47. The van der Waals surface area contributed by atoms with Gasteiger partial charge < -0.3 is 14.2 Å². The standard InChI is InChI=1S/C12H15NO6/c1-3-18-12(14)9-5-4-6-10(11(9)13(15)16)19-8-7-17-2/h4-6H,3,7-8H2,1-2H3. The van der Waals surface area contributed by atoms with E-state index in [-0.39, 0.29) is 24.5 Å². The minimum atomic E-state index is -0.744. The second kappa shape index (κ2) is 7.32. The highest BCUT2D eigenvalue weighted by atomic mass is 16.6. The Labute approximate surface area is 110 Å². The smallest absolute Gasteiger partial charge is 0.345 e. The normalized spacial score (nSPS) is 10.0. The van der Waals surface area contributed by atoms with Crippen molar-refractivity contribution in [1.82, 2.24) is 0 Å². The van der Waals surface area contributed by atoms with E-state index in [1.54, 1.807) is 6.92 Å². The monoisotopic (exact) mass is 269 g/mol. The molecule has 19 heavy (non-hydrogen) atoms. The van der Waals surface area contributed by atoms with Gasteiger partial charge in [0.1, 0.15) is 12.2 Å². The number of nitro benzene ring substituents is 1. The number of ether oxygens (including phenoxy) is 3. The summed E-state index contributed by atoms with van der Waals surface area (Å²) in [7, 11) is 1.49. The summed E-state index contributed by atoms with van der Waals surface area (Å²) in [4.78, 5) is 22.1. The third-order valence-electron chi connectivity index (χ3n) is 2.22. The first kappa shape index (κ1) is 14.9. The van der Waals surface area contributed by atoms with Crippen LogP contribution in [0, 0.1) is 10.1 Å². The van der Waals surface area contributed by atoms with Gasteiger partial charge in [-0.05, 0) is 19.1 Å². The molecule has 0 atom stereocenters. The number of hydrogen-bond acceptors (Lipinski definition) is 6. The summed E-state index contributed by atoms with van der Waals surface area (Å²) >= 11 is 0. The number of para-hydroxylation sites is 1. The summed E-state index contributed by atoms with van der Waals surface area (Å²) in [6.45, 7) is 2.22. The Balaban J connectivity index is 3.07. The average Bonchev–Trinajstić information content (AvgIpc) is 2.38. The molecule has 0 heterocycles. The van der Waals surface area contributed by atoms with Gasteiger partial charge in [0.05, 0.1) is 18.1 Å². The first-order chi connectivity index (χ1) is 9.11. The predicted octanol–water partition coefficient (Wildman–Crippen LogP) is 1.80. The molecule has 1 rings (SSSR count). The van der Waals surface area contributed by atoms with Crippen molar-refractivity contribution in [3.8, 4) is 5.75 Å². The number of rotatable bonds is 7. The molecule has 1 aromatic rings. The van der Waals surface area contributed by atoms with E-state index in [2.05, 4.69) is 0 Å². The van der Waals surface area contributed by atoms with E-state index in [0.717, 1.165) is 0 Å². The van der Waals surface area contributed by atoms with Crippen LogP contribution in [0.4, 0.5) is 5.69 Å². The lowest BCUT2D eigenvalue weighted by Crippen LogP contribution is -2.11. The maximum absolute atomic E-state index is 11.6. The second-order valence-electron chi connectivity index (χ2n) is 3.47. The number of hydrogen-bond donors (Lipinski definition) is 0. The highest BCUT2D eigenvalue weighted by Crippen LogP contribution is 2.31. The largest absolute Gasteiger partial charge is 0.484 e. The summed E-state index contributed by atoms with van der Waals surface area (Å²) in [5, 5.41) is 11.1. The zero-order chi connectivity index (χ0) is 14.3. The third-order valence-corrected chi connectivity index (χ3v) is 2.22. The van der Waals surface area contributed by atoms with Crippen LogP contribution < -0.4 is 4.74 Å². The fourth-order valence-corrected chi connectivity index (χ4v) is 1.44. The molecule has 0 saturated heterocycles. The Hall–Kier alpha value is -2.15. The summed E-state index contributed by atoms with van der Waals surface area (Å²) in [5.74, 6) is -0.723. The van der Waals surface area contributed by atoms with Crippen molar-refractivity contribution < 1.29 is 23.9 Å².